The molecule has 0 radical (unpaired) electrons. The van der Waals surface area contributed by atoms with Gasteiger partial charge >= 0.3 is 0 Å². The summed E-state index contributed by atoms with van der Waals surface area (Å²) in [5.41, 5.74) is 6.95. The van der Waals surface area contributed by atoms with Crippen LogP contribution in [0.2, 0.25) is 0 Å². The maximum Gasteiger partial charge on any atom is 0.230 e. The molecule has 1 aliphatic carbocycles. The molecule has 1 fully saturated rings. The van der Waals surface area contributed by atoms with Gasteiger partial charge in [0.1, 0.15) is 0 Å². The van der Waals surface area contributed by atoms with Gasteiger partial charge in [0.25, 0.3) is 0 Å². The van der Waals surface area contributed by atoms with Crippen LogP contribution in [0.1, 0.15) is 44.4 Å². The van der Waals surface area contributed by atoms with E-state index in [2.05, 4.69) is 41.3 Å². The van der Waals surface area contributed by atoms with E-state index in [1.807, 2.05) is 11.8 Å². The molecule has 0 saturated heterocycles. The highest BCUT2D eigenvalue weighted by atomic mass is 32.2. The topological polar surface area (TPSA) is 64.9 Å². The van der Waals surface area contributed by atoms with Crippen molar-refractivity contribution >= 4 is 11.8 Å². The molecule has 0 spiro atoms. The van der Waals surface area contributed by atoms with Gasteiger partial charge in [-0.05, 0) is 55.7 Å². The quantitative estimate of drug-likeness (QED) is 0.869. The molecule has 1 aliphatic rings. The Balaban J connectivity index is 1.72. The number of nitrogens with zero attached hydrogens (tertiary/aromatic N) is 2. The Bertz CT molecular complexity index is 573. The fourth-order valence-corrected chi connectivity index (χ4v) is 3.41. The fraction of sp³-hybridized carbons (Fsp3) is 0.500. The number of hydrogen-bond acceptors (Lipinski definition) is 5. The molecule has 1 aromatic carbocycles. The normalized spacial score (nSPS) is 22.4. The summed E-state index contributed by atoms with van der Waals surface area (Å²) in [5, 5.41) is 4.13. The molecule has 0 amide bonds. The second kappa shape index (κ2) is 6.62. The molecule has 0 unspecified atom stereocenters. The van der Waals surface area contributed by atoms with Gasteiger partial charge in [-0.1, -0.05) is 12.1 Å². The molecule has 0 atom stereocenters. The molecule has 3 rings (SSSR count). The van der Waals surface area contributed by atoms with E-state index in [-0.39, 0.29) is 0 Å². The Morgan fingerprint density at radius 3 is 2.57 bits per heavy atom. The summed E-state index contributed by atoms with van der Waals surface area (Å²) in [6.07, 6.45) is 4.19. The van der Waals surface area contributed by atoms with E-state index in [9.17, 15) is 0 Å². The van der Waals surface area contributed by atoms with Crippen LogP contribution in [-0.2, 0) is 0 Å². The van der Waals surface area contributed by atoms with Crippen molar-refractivity contribution in [1.82, 2.24) is 10.1 Å². The molecule has 2 N–H and O–H groups in total. The molecule has 4 nitrogen and oxygen atoms in total. The van der Waals surface area contributed by atoms with Crippen molar-refractivity contribution in [2.24, 2.45) is 5.73 Å². The summed E-state index contributed by atoms with van der Waals surface area (Å²) in [5.74, 6) is 2.91. The Morgan fingerprint density at radius 2 is 1.90 bits per heavy atom. The average molecular weight is 303 g/mol. The van der Waals surface area contributed by atoms with Crippen LogP contribution >= 0.6 is 11.8 Å². The highest BCUT2D eigenvalue weighted by Crippen LogP contribution is 2.32. The number of thioether (sulfide) groups is 1. The van der Waals surface area contributed by atoms with Crippen molar-refractivity contribution in [2.75, 3.05) is 5.75 Å². The maximum atomic E-state index is 5.94. The van der Waals surface area contributed by atoms with Crippen molar-refractivity contribution < 1.29 is 4.52 Å². The monoisotopic (exact) mass is 303 g/mol. The van der Waals surface area contributed by atoms with Crippen LogP contribution in [0.15, 0.2) is 33.7 Å². The van der Waals surface area contributed by atoms with Crippen LogP contribution in [0.3, 0.4) is 0 Å². The standard InChI is InChI=1S/C16H21N3OS/c1-2-21-14-9-5-11(6-10-14)15-18-16(20-19-15)12-3-7-13(17)8-4-12/h5-6,9-10,12-13H,2-4,7-8,17H2,1H3. The number of rotatable bonds is 4. The number of nitrogens with two attached hydrogens (primary N) is 1. The smallest absolute Gasteiger partial charge is 0.230 e. The third kappa shape index (κ3) is 3.47. The first-order chi connectivity index (χ1) is 10.3. The molecule has 1 heterocycles. The molecule has 2 aromatic rings. The minimum absolute atomic E-state index is 0.340. The van der Waals surface area contributed by atoms with Crippen LogP contribution in [0.25, 0.3) is 11.4 Å². The highest BCUT2D eigenvalue weighted by Gasteiger charge is 2.24. The van der Waals surface area contributed by atoms with E-state index in [4.69, 9.17) is 10.3 Å². The van der Waals surface area contributed by atoms with Gasteiger partial charge in [-0.15, -0.1) is 11.8 Å². The third-order valence-electron chi connectivity index (χ3n) is 3.99. The summed E-state index contributed by atoms with van der Waals surface area (Å²) in [6.45, 7) is 2.15. The molecule has 5 heteroatoms. The van der Waals surface area contributed by atoms with E-state index in [1.54, 1.807) is 0 Å². The summed E-state index contributed by atoms with van der Waals surface area (Å²) >= 11 is 1.83. The van der Waals surface area contributed by atoms with Gasteiger partial charge < -0.3 is 10.3 Å². The molecule has 0 bridgehead atoms. The lowest BCUT2D eigenvalue weighted by Crippen LogP contribution is -2.25. The van der Waals surface area contributed by atoms with Crippen molar-refractivity contribution in [2.45, 2.75) is 49.5 Å². The van der Waals surface area contributed by atoms with Gasteiger partial charge in [0.2, 0.25) is 11.7 Å². The molecule has 0 aliphatic heterocycles. The lowest BCUT2D eigenvalue weighted by Gasteiger charge is -2.22. The molecule has 1 aromatic heterocycles. The summed E-state index contributed by atoms with van der Waals surface area (Å²) < 4.78 is 5.46. The van der Waals surface area contributed by atoms with Crippen LogP contribution in [0.4, 0.5) is 0 Å². The second-order valence-corrected chi connectivity index (χ2v) is 6.86. The minimum Gasteiger partial charge on any atom is -0.339 e. The van der Waals surface area contributed by atoms with E-state index in [1.165, 1.54) is 4.90 Å². The largest absolute Gasteiger partial charge is 0.339 e. The zero-order valence-electron chi connectivity index (χ0n) is 12.3. The lowest BCUT2D eigenvalue weighted by atomic mass is 9.86. The Kier molecular flexibility index (Phi) is 4.60. The van der Waals surface area contributed by atoms with Crippen molar-refractivity contribution in [3.05, 3.63) is 30.2 Å². The van der Waals surface area contributed by atoms with Gasteiger partial charge in [-0.3, -0.25) is 0 Å². The fourth-order valence-electron chi connectivity index (χ4n) is 2.75. The molecule has 21 heavy (non-hydrogen) atoms. The zero-order chi connectivity index (χ0) is 14.7. The molecule has 112 valence electrons. The molecular formula is C16H21N3OS. The lowest BCUT2D eigenvalue weighted by molar-refractivity contribution is 0.301. The third-order valence-corrected chi connectivity index (χ3v) is 4.88. The van der Waals surface area contributed by atoms with E-state index >= 15 is 0 Å². The Morgan fingerprint density at radius 1 is 1.19 bits per heavy atom. The number of aromatic nitrogens is 2. The van der Waals surface area contributed by atoms with Gasteiger partial charge in [0, 0.05) is 22.4 Å². The molecular weight excluding hydrogens is 282 g/mol. The predicted molar refractivity (Wildman–Crippen MR) is 85.3 cm³/mol. The number of benzene rings is 1. The Hall–Kier alpha value is -1.33. The first-order valence-corrected chi connectivity index (χ1v) is 8.57. The van der Waals surface area contributed by atoms with Gasteiger partial charge in [0.05, 0.1) is 0 Å². The van der Waals surface area contributed by atoms with Crippen molar-refractivity contribution in [3.63, 3.8) is 0 Å². The van der Waals surface area contributed by atoms with E-state index < -0.39 is 0 Å². The van der Waals surface area contributed by atoms with E-state index in [0.29, 0.717) is 17.8 Å². The van der Waals surface area contributed by atoms with Crippen LogP contribution in [0, 0.1) is 0 Å². The first-order valence-electron chi connectivity index (χ1n) is 7.58. The predicted octanol–water partition coefficient (Wildman–Crippen LogP) is 3.83. The Labute approximate surface area is 129 Å². The summed E-state index contributed by atoms with van der Waals surface area (Å²) in [4.78, 5) is 5.85. The zero-order valence-corrected chi connectivity index (χ0v) is 13.1. The van der Waals surface area contributed by atoms with Gasteiger partial charge in [-0.2, -0.15) is 4.98 Å². The second-order valence-electron chi connectivity index (χ2n) is 5.53. The van der Waals surface area contributed by atoms with Gasteiger partial charge in [-0.25, -0.2) is 0 Å². The van der Waals surface area contributed by atoms with Crippen molar-refractivity contribution in [1.29, 1.82) is 0 Å². The highest BCUT2D eigenvalue weighted by molar-refractivity contribution is 7.99. The first kappa shape index (κ1) is 14.6. The van der Waals surface area contributed by atoms with Crippen LogP contribution < -0.4 is 5.73 Å². The summed E-state index contributed by atoms with van der Waals surface area (Å²) in [7, 11) is 0. The van der Waals surface area contributed by atoms with Crippen LogP contribution in [0.5, 0.6) is 0 Å². The SMILES string of the molecule is CCSc1ccc(-c2noc(C3CCC(N)CC3)n2)cc1. The van der Waals surface area contributed by atoms with Crippen molar-refractivity contribution in [3.8, 4) is 11.4 Å². The molecule has 1 saturated carbocycles. The number of hydrogen-bond donors (Lipinski definition) is 1. The summed E-state index contributed by atoms with van der Waals surface area (Å²) in [6, 6.07) is 8.68. The average Bonchev–Trinajstić information content (AvgIpc) is 2.99. The maximum absolute atomic E-state index is 5.94. The van der Waals surface area contributed by atoms with Gasteiger partial charge in [0.15, 0.2) is 0 Å². The van der Waals surface area contributed by atoms with E-state index in [0.717, 1.165) is 42.9 Å². The minimum atomic E-state index is 0.340. The van der Waals surface area contributed by atoms with Crippen LogP contribution in [-0.4, -0.2) is 21.9 Å².